The zero-order valence-corrected chi connectivity index (χ0v) is 10.8. The van der Waals surface area contributed by atoms with Gasteiger partial charge in [-0.2, -0.15) is 9.97 Å². The number of nitrogens with one attached hydrogen (secondary N) is 1. The number of aromatic nitrogens is 2. The number of nitrogens with zero attached hydrogens (tertiary/aromatic N) is 2. The Bertz CT molecular complexity index is 389. The molecule has 0 aliphatic carbocycles. The first-order valence-electron chi connectivity index (χ1n) is 5.64. The van der Waals surface area contributed by atoms with Gasteiger partial charge in [-0.3, -0.25) is 10.1 Å². The predicted molar refractivity (Wildman–Crippen MR) is 66.6 cm³/mol. The first-order valence-corrected chi connectivity index (χ1v) is 5.64. The van der Waals surface area contributed by atoms with Crippen LogP contribution in [0.5, 0.6) is 11.8 Å². The van der Waals surface area contributed by atoms with Gasteiger partial charge in [0.25, 0.3) is 0 Å². The number of hydrogen-bond acceptors (Lipinski definition) is 6. The highest BCUT2D eigenvalue weighted by molar-refractivity contribution is 5.93. The van der Waals surface area contributed by atoms with Crippen LogP contribution in [-0.4, -0.2) is 36.1 Å². The molecule has 0 aliphatic heterocycles. The van der Waals surface area contributed by atoms with Crippen LogP contribution < -0.4 is 20.5 Å². The van der Waals surface area contributed by atoms with Crippen LogP contribution in [0.25, 0.3) is 0 Å². The van der Waals surface area contributed by atoms with Crippen LogP contribution in [0, 0.1) is 0 Å². The maximum atomic E-state index is 11.7. The van der Waals surface area contributed by atoms with Crippen LogP contribution in [-0.2, 0) is 4.79 Å². The van der Waals surface area contributed by atoms with Gasteiger partial charge < -0.3 is 15.2 Å². The maximum Gasteiger partial charge on any atom is 0.243 e. The molecule has 1 aromatic heterocycles. The van der Waals surface area contributed by atoms with Gasteiger partial charge in [0.15, 0.2) is 0 Å². The minimum atomic E-state index is -0.573. The molecular formula is C11H18N4O3. The number of ether oxygens (including phenoxy) is 2. The van der Waals surface area contributed by atoms with E-state index >= 15 is 0 Å². The number of carbonyl (C=O) groups is 1. The highest BCUT2D eigenvalue weighted by Crippen LogP contribution is 2.17. The molecular weight excluding hydrogens is 236 g/mol. The van der Waals surface area contributed by atoms with Crippen molar-refractivity contribution in [1.29, 1.82) is 0 Å². The monoisotopic (exact) mass is 254 g/mol. The summed E-state index contributed by atoms with van der Waals surface area (Å²) in [5.41, 5.74) is 5.69. The lowest BCUT2D eigenvalue weighted by Gasteiger charge is -2.11. The van der Waals surface area contributed by atoms with E-state index < -0.39 is 6.04 Å². The van der Waals surface area contributed by atoms with E-state index in [9.17, 15) is 4.79 Å². The fraction of sp³-hybridized carbons (Fsp3) is 0.545. The number of anilines is 1. The van der Waals surface area contributed by atoms with E-state index in [1.807, 2.05) is 6.92 Å². The molecule has 0 fully saturated rings. The summed E-state index contributed by atoms with van der Waals surface area (Å²) in [4.78, 5) is 19.7. The molecule has 1 unspecified atom stereocenters. The topological polar surface area (TPSA) is 99.4 Å². The molecule has 0 aromatic carbocycles. The van der Waals surface area contributed by atoms with Crippen LogP contribution in [0.1, 0.15) is 19.8 Å². The van der Waals surface area contributed by atoms with Gasteiger partial charge in [-0.15, -0.1) is 0 Å². The summed E-state index contributed by atoms with van der Waals surface area (Å²) in [6.45, 7) is 1.96. The largest absolute Gasteiger partial charge is 0.481 e. The Hall–Kier alpha value is -1.89. The van der Waals surface area contributed by atoms with Crippen molar-refractivity contribution in [3.63, 3.8) is 0 Å². The van der Waals surface area contributed by atoms with Gasteiger partial charge in [-0.1, -0.05) is 13.3 Å². The third kappa shape index (κ3) is 3.85. The minimum Gasteiger partial charge on any atom is -0.481 e. The van der Waals surface area contributed by atoms with E-state index in [0.29, 0.717) is 18.2 Å². The lowest BCUT2D eigenvalue weighted by molar-refractivity contribution is -0.117. The number of methoxy groups -OCH3 is 2. The highest BCUT2D eigenvalue weighted by Gasteiger charge is 2.15. The fourth-order valence-electron chi connectivity index (χ4n) is 1.31. The lowest BCUT2D eigenvalue weighted by atomic mass is 10.2. The van der Waals surface area contributed by atoms with Crippen molar-refractivity contribution in [2.24, 2.45) is 5.73 Å². The smallest absolute Gasteiger partial charge is 0.243 e. The molecule has 3 N–H and O–H groups in total. The predicted octanol–water partition coefficient (Wildman–Crippen LogP) is 0.560. The molecule has 7 heteroatoms. The molecule has 0 radical (unpaired) electrons. The summed E-state index contributed by atoms with van der Waals surface area (Å²) in [6, 6.07) is 0.942. The molecule has 18 heavy (non-hydrogen) atoms. The summed E-state index contributed by atoms with van der Waals surface area (Å²) in [6.07, 6.45) is 1.43. The Labute approximate surface area is 106 Å². The van der Waals surface area contributed by atoms with Crippen LogP contribution >= 0.6 is 0 Å². The third-order valence-electron chi connectivity index (χ3n) is 2.27. The number of amides is 1. The molecule has 0 saturated carbocycles. The molecule has 0 aliphatic rings. The number of carbonyl (C=O) groups excluding carboxylic acids is 1. The van der Waals surface area contributed by atoms with Gasteiger partial charge >= 0.3 is 0 Å². The van der Waals surface area contributed by atoms with Crippen LogP contribution in [0.15, 0.2) is 6.07 Å². The zero-order chi connectivity index (χ0) is 13.5. The molecule has 0 saturated heterocycles. The molecule has 0 bridgehead atoms. The van der Waals surface area contributed by atoms with Gasteiger partial charge in [-0.25, -0.2) is 0 Å². The SMILES string of the molecule is CCCC(N)C(=O)Nc1nc(OC)cc(OC)n1. The van der Waals surface area contributed by atoms with Crippen molar-refractivity contribution in [1.82, 2.24) is 9.97 Å². The van der Waals surface area contributed by atoms with Gasteiger partial charge in [0.05, 0.1) is 26.3 Å². The quantitative estimate of drug-likeness (QED) is 0.769. The Balaban J connectivity index is 2.80. The van der Waals surface area contributed by atoms with E-state index in [-0.39, 0.29) is 11.9 Å². The zero-order valence-electron chi connectivity index (χ0n) is 10.8. The summed E-state index contributed by atoms with van der Waals surface area (Å²) >= 11 is 0. The number of hydrogen-bond donors (Lipinski definition) is 2. The Morgan fingerprint density at radius 3 is 2.39 bits per heavy atom. The second kappa shape index (κ2) is 6.75. The number of rotatable bonds is 6. The average molecular weight is 254 g/mol. The van der Waals surface area contributed by atoms with E-state index in [2.05, 4.69) is 15.3 Å². The van der Waals surface area contributed by atoms with Crippen molar-refractivity contribution in [3.8, 4) is 11.8 Å². The van der Waals surface area contributed by atoms with Crippen molar-refractivity contribution in [2.75, 3.05) is 19.5 Å². The molecule has 1 heterocycles. The standard InChI is InChI=1S/C11H18N4O3/c1-4-5-7(12)10(16)15-11-13-8(17-2)6-9(14-11)18-3/h6-7H,4-5,12H2,1-3H3,(H,13,14,15,16). The van der Waals surface area contributed by atoms with Gasteiger partial charge in [0.2, 0.25) is 23.6 Å². The van der Waals surface area contributed by atoms with Crippen LogP contribution in [0.3, 0.4) is 0 Å². The van der Waals surface area contributed by atoms with Crippen molar-refractivity contribution in [3.05, 3.63) is 6.07 Å². The summed E-state index contributed by atoms with van der Waals surface area (Å²) in [5, 5.41) is 2.53. The van der Waals surface area contributed by atoms with Crippen molar-refractivity contribution in [2.45, 2.75) is 25.8 Å². The summed E-state index contributed by atoms with van der Waals surface area (Å²) in [7, 11) is 2.94. The van der Waals surface area contributed by atoms with Crippen molar-refractivity contribution < 1.29 is 14.3 Å². The summed E-state index contributed by atoms with van der Waals surface area (Å²) < 4.78 is 9.95. The Morgan fingerprint density at radius 1 is 1.39 bits per heavy atom. The lowest BCUT2D eigenvalue weighted by Crippen LogP contribution is -2.35. The van der Waals surface area contributed by atoms with Crippen LogP contribution in [0.2, 0.25) is 0 Å². The maximum absolute atomic E-state index is 11.7. The van der Waals surface area contributed by atoms with Gasteiger partial charge in [0.1, 0.15) is 0 Å². The van der Waals surface area contributed by atoms with E-state index in [0.717, 1.165) is 6.42 Å². The van der Waals surface area contributed by atoms with E-state index in [1.54, 1.807) is 0 Å². The van der Waals surface area contributed by atoms with E-state index in [1.165, 1.54) is 20.3 Å². The second-order valence-corrected chi connectivity index (χ2v) is 3.66. The Morgan fingerprint density at radius 2 is 1.94 bits per heavy atom. The van der Waals surface area contributed by atoms with E-state index in [4.69, 9.17) is 15.2 Å². The molecule has 7 nitrogen and oxygen atoms in total. The number of nitrogens with two attached hydrogens (primary N) is 1. The second-order valence-electron chi connectivity index (χ2n) is 3.66. The molecule has 1 amide bonds. The third-order valence-corrected chi connectivity index (χ3v) is 2.27. The normalized spacial score (nSPS) is 11.8. The summed E-state index contributed by atoms with van der Waals surface area (Å²) in [5.74, 6) is 0.400. The molecule has 1 aromatic rings. The van der Waals surface area contributed by atoms with Crippen molar-refractivity contribution >= 4 is 11.9 Å². The minimum absolute atomic E-state index is 0.114. The average Bonchev–Trinajstić information content (AvgIpc) is 2.38. The van der Waals surface area contributed by atoms with Gasteiger partial charge in [0, 0.05) is 0 Å². The molecule has 1 rings (SSSR count). The van der Waals surface area contributed by atoms with Gasteiger partial charge in [-0.05, 0) is 6.42 Å². The van der Waals surface area contributed by atoms with Crippen LogP contribution in [0.4, 0.5) is 5.95 Å². The fourth-order valence-corrected chi connectivity index (χ4v) is 1.31. The first-order chi connectivity index (χ1) is 8.60. The Kier molecular flexibility index (Phi) is 5.31. The molecule has 0 spiro atoms. The molecule has 100 valence electrons. The first kappa shape index (κ1) is 14.2. The highest BCUT2D eigenvalue weighted by atomic mass is 16.5. The molecule has 1 atom stereocenters.